The molecular formula is C41H47N17O6. The molecule has 6 aromatic heterocycles. The monoisotopic (exact) mass is 873 g/mol. The Morgan fingerprint density at radius 1 is 0.734 bits per heavy atom. The van der Waals surface area contributed by atoms with Crippen molar-refractivity contribution in [3.63, 3.8) is 0 Å². The number of benzene rings is 1. The van der Waals surface area contributed by atoms with E-state index in [4.69, 9.17) is 4.74 Å². The molecule has 0 atom stereocenters. The maximum atomic E-state index is 12.9. The van der Waals surface area contributed by atoms with Crippen LogP contribution >= 0.6 is 0 Å². The molecule has 64 heavy (non-hydrogen) atoms. The number of amides is 3. The summed E-state index contributed by atoms with van der Waals surface area (Å²) in [7, 11) is 10.2. The number of carbonyl (C=O) groups is 4. The van der Waals surface area contributed by atoms with Crippen LogP contribution in [0.4, 0.5) is 34.4 Å². The van der Waals surface area contributed by atoms with Gasteiger partial charge in [0.05, 0.1) is 42.3 Å². The maximum Gasteiger partial charge on any atom is 0.358 e. The van der Waals surface area contributed by atoms with Crippen molar-refractivity contribution in [2.45, 2.75) is 44.3 Å². The Morgan fingerprint density at radius 2 is 1.27 bits per heavy atom. The molecule has 2 saturated carbocycles. The highest BCUT2D eigenvalue weighted by atomic mass is 16.5. The van der Waals surface area contributed by atoms with E-state index >= 15 is 0 Å². The van der Waals surface area contributed by atoms with Crippen LogP contribution in [0.3, 0.4) is 0 Å². The Balaban J connectivity index is 0.000000181. The molecule has 332 valence electrons. The third kappa shape index (κ3) is 9.17. The van der Waals surface area contributed by atoms with Crippen LogP contribution in [0.1, 0.15) is 73.2 Å². The van der Waals surface area contributed by atoms with Gasteiger partial charge in [0, 0.05) is 78.4 Å². The first kappa shape index (κ1) is 42.5. The number of aryl methyl sites for hydroxylation is 2. The number of fused-ring (bicyclic) bond motifs is 2. The Labute approximate surface area is 365 Å². The molecule has 9 rings (SSSR count). The minimum atomic E-state index is -1.16. The van der Waals surface area contributed by atoms with Crippen LogP contribution in [0.5, 0.6) is 5.75 Å². The molecule has 2 fully saturated rings. The highest BCUT2D eigenvalue weighted by Crippen LogP contribution is 2.29. The van der Waals surface area contributed by atoms with Gasteiger partial charge >= 0.3 is 5.97 Å². The lowest BCUT2D eigenvalue weighted by Gasteiger charge is -2.21. The lowest BCUT2D eigenvalue weighted by Crippen LogP contribution is -2.27. The van der Waals surface area contributed by atoms with E-state index in [9.17, 15) is 24.3 Å². The van der Waals surface area contributed by atoms with Gasteiger partial charge in [-0.15, -0.1) is 10.2 Å². The van der Waals surface area contributed by atoms with Crippen LogP contribution in [-0.2, 0) is 20.6 Å². The lowest BCUT2D eigenvalue weighted by atomic mass is 10.2. The number of hydrogen-bond donors (Lipinski definition) is 7. The summed E-state index contributed by atoms with van der Waals surface area (Å²) in [4.78, 5) is 59.9. The first-order valence-corrected chi connectivity index (χ1v) is 20.3. The van der Waals surface area contributed by atoms with Crippen molar-refractivity contribution >= 4 is 69.4 Å². The number of carboxylic acid groups (broad SMARTS) is 1. The molecule has 7 N–H and O–H groups in total. The average Bonchev–Trinajstić information content (AvgIpc) is 4.09. The number of aromatic carboxylic acids is 1. The fourth-order valence-electron chi connectivity index (χ4n) is 6.76. The van der Waals surface area contributed by atoms with Gasteiger partial charge in [-0.25, -0.2) is 23.8 Å². The van der Waals surface area contributed by atoms with Gasteiger partial charge in [-0.3, -0.25) is 23.7 Å². The standard InChI is InChI=1S/C24H26N8O4.C17H21N9O2/c1-30(12-14-4-8-16(36-3)9-5-14)18-10-20(27-17-13-31(2)29-21(17)24(34)35)28-32-19(11-25-22(18)32)23(33)26-15-6-7-15;1-18-10-6-13(22-11-8-25(3)24-14(11)17(28)19-2)23-26-12(7-20-15(10)26)16(27)21-9-4-5-9/h4-5,8-11,13,15H,6-7,12H2,1-3H3,(H,26,33)(H,27,28)(H,34,35);6-9,18H,4-5H2,1-3H3,(H,19,28)(H,21,27)(H,22,23). The Hall–Kier alpha value is -8.24. The van der Waals surface area contributed by atoms with Gasteiger partial charge in [0.25, 0.3) is 17.7 Å². The largest absolute Gasteiger partial charge is 0.497 e. The fourth-order valence-corrected chi connectivity index (χ4v) is 6.76. The summed E-state index contributed by atoms with van der Waals surface area (Å²) in [6, 6.07) is 11.7. The van der Waals surface area contributed by atoms with Crippen LogP contribution in [0, 0.1) is 0 Å². The number of rotatable bonds is 15. The predicted molar refractivity (Wildman–Crippen MR) is 235 cm³/mol. The van der Waals surface area contributed by atoms with E-state index in [0.29, 0.717) is 57.9 Å². The van der Waals surface area contributed by atoms with E-state index in [1.807, 2.05) is 36.2 Å². The minimum absolute atomic E-state index is 0.134. The molecular weight excluding hydrogens is 827 g/mol. The summed E-state index contributed by atoms with van der Waals surface area (Å²) in [6.45, 7) is 0.548. The number of nitrogens with one attached hydrogen (secondary N) is 6. The maximum absolute atomic E-state index is 12.9. The zero-order valence-electron chi connectivity index (χ0n) is 35.9. The Bertz CT molecular complexity index is 2890. The predicted octanol–water partition coefficient (Wildman–Crippen LogP) is 2.94. The second-order valence-electron chi connectivity index (χ2n) is 15.3. The molecule has 0 bridgehead atoms. The molecule has 7 aromatic rings. The van der Waals surface area contributed by atoms with Crippen LogP contribution in [0.25, 0.3) is 11.3 Å². The summed E-state index contributed by atoms with van der Waals surface area (Å²) >= 11 is 0. The van der Waals surface area contributed by atoms with E-state index in [1.54, 1.807) is 59.8 Å². The number of aromatic nitrogens is 10. The van der Waals surface area contributed by atoms with Crippen LogP contribution < -0.4 is 41.5 Å². The first-order valence-electron chi connectivity index (χ1n) is 20.3. The van der Waals surface area contributed by atoms with E-state index in [1.165, 1.54) is 30.8 Å². The van der Waals surface area contributed by atoms with E-state index in [2.05, 4.69) is 62.3 Å². The van der Waals surface area contributed by atoms with Crippen LogP contribution in [0.15, 0.2) is 61.2 Å². The normalized spacial score (nSPS) is 13.2. The molecule has 0 spiro atoms. The number of ether oxygens (including phenoxy) is 1. The van der Waals surface area contributed by atoms with Gasteiger partial charge in [0.1, 0.15) is 5.75 Å². The van der Waals surface area contributed by atoms with Crippen molar-refractivity contribution in [3.8, 4) is 5.75 Å². The number of methoxy groups -OCH3 is 1. The average molecular weight is 874 g/mol. The van der Waals surface area contributed by atoms with Crippen molar-refractivity contribution in [1.82, 2.24) is 64.7 Å². The van der Waals surface area contributed by atoms with Crippen molar-refractivity contribution in [2.75, 3.05) is 49.1 Å². The number of nitrogens with zero attached hydrogens (tertiary/aromatic N) is 11. The zero-order valence-corrected chi connectivity index (χ0v) is 35.9. The van der Waals surface area contributed by atoms with Crippen LogP contribution in [0.2, 0.25) is 0 Å². The van der Waals surface area contributed by atoms with Gasteiger partial charge < -0.3 is 46.6 Å². The summed E-state index contributed by atoms with van der Waals surface area (Å²) in [6.07, 6.45) is 10.2. The third-order valence-corrected chi connectivity index (χ3v) is 10.3. The molecule has 3 amide bonds. The van der Waals surface area contributed by atoms with Crippen molar-refractivity contribution in [2.24, 2.45) is 14.1 Å². The summed E-state index contributed by atoms with van der Waals surface area (Å²) in [5.41, 5.74) is 5.01. The van der Waals surface area contributed by atoms with Crippen molar-refractivity contribution < 1.29 is 29.0 Å². The number of hydrogen-bond acceptors (Lipinski definition) is 15. The topological polar surface area (TPSA) is 269 Å². The first-order chi connectivity index (χ1) is 30.8. The van der Waals surface area contributed by atoms with Crippen molar-refractivity contribution in [1.29, 1.82) is 0 Å². The van der Waals surface area contributed by atoms with Gasteiger partial charge in [-0.05, 0) is 43.4 Å². The van der Waals surface area contributed by atoms with E-state index < -0.39 is 5.97 Å². The number of carboxylic acids is 1. The molecule has 1 aromatic carbocycles. The van der Waals surface area contributed by atoms with Crippen molar-refractivity contribution in [3.05, 3.63) is 89.5 Å². The van der Waals surface area contributed by atoms with E-state index in [0.717, 1.165) is 37.0 Å². The molecule has 0 aliphatic heterocycles. The molecule has 0 unspecified atom stereocenters. The summed E-state index contributed by atoms with van der Waals surface area (Å²) in [5.74, 6) is -0.403. The molecule has 6 heterocycles. The highest BCUT2D eigenvalue weighted by molar-refractivity contribution is 5.98. The number of anilines is 6. The second-order valence-corrected chi connectivity index (χ2v) is 15.3. The smallest absolute Gasteiger partial charge is 0.358 e. The second kappa shape index (κ2) is 17.6. The Morgan fingerprint density at radius 3 is 1.80 bits per heavy atom. The fraction of sp³-hybridized carbons (Fsp3) is 0.317. The highest BCUT2D eigenvalue weighted by Gasteiger charge is 2.28. The SMILES string of the molecule is CNC(=O)c1nn(C)cc1Nc1cc(NC)c2ncc(C(=O)NC3CC3)n2n1.COc1ccc(CN(C)c2cc(Nc3cn(C)nc3C(=O)O)nn3c(C(=O)NC4CC4)cnc23)cc1. The molecule has 0 radical (unpaired) electrons. The van der Waals surface area contributed by atoms with Gasteiger partial charge in [0.2, 0.25) is 0 Å². The van der Waals surface area contributed by atoms with Gasteiger partial charge in [0.15, 0.2) is 45.7 Å². The number of carbonyl (C=O) groups excluding carboxylic acids is 3. The van der Waals surface area contributed by atoms with E-state index in [-0.39, 0.29) is 46.9 Å². The third-order valence-electron chi connectivity index (χ3n) is 10.3. The molecule has 2 aliphatic rings. The number of imidazole rings is 2. The minimum Gasteiger partial charge on any atom is -0.497 e. The molecule has 0 saturated heterocycles. The van der Waals surface area contributed by atoms with Gasteiger partial charge in [-0.2, -0.15) is 10.2 Å². The van der Waals surface area contributed by atoms with Crippen LogP contribution in [-0.4, -0.2) is 118 Å². The molecule has 23 nitrogen and oxygen atoms in total. The summed E-state index contributed by atoms with van der Waals surface area (Å²) < 4.78 is 11.2. The van der Waals surface area contributed by atoms with Gasteiger partial charge in [-0.1, -0.05) is 12.1 Å². The molecule has 23 heteroatoms. The summed E-state index contributed by atoms with van der Waals surface area (Å²) in [5, 5.41) is 44.5. The molecule has 2 aliphatic carbocycles. The quantitative estimate of drug-likeness (QED) is 0.0781. The zero-order chi connectivity index (χ0) is 45.2. The lowest BCUT2D eigenvalue weighted by molar-refractivity contribution is 0.0689. The Kier molecular flexibility index (Phi) is 11.7.